The molecule has 0 radical (unpaired) electrons. The molecule has 2 aromatic rings. The minimum atomic E-state index is -0.413. The van der Waals surface area contributed by atoms with Crippen LogP contribution in [0, 0.1) is 11.6 Å². The van der Waals surface area contributed by atoms with Gasteiger partial charge in [-0.1, -0.05) is 19.1 Å². The molecule has 0 aliphatic heterocycles. The van der Waals surface area contributed by atoms with Crippen LogP contribution < -0.4 is 5.32 Å². The van der Waals surface area contributed by atoms with Gasteiger partial charge in [-0.05, 0) is 30.5 Å². The molecule has 0 aliphatic carbocycles. The van der Waals surface area contributed by atoms with Crippen molar-refractivity contribution < 1.29 is 8.78 Å². The molecule has 0 unspecified atom stereocenters. The fraction of sp³-hybridized carbons (Fsp3) is 0.286. The SMILES string of the molecule is CCc1ncnc(NCCc2cccc(F)c2)c1F. The van der Waals surface area contributed by atoms with Crippen LogP contribution in [0.3, 0.4) is 0 Å². The van der Waals surface area contributed by atoms with E-state index in [1.807, 2.05) is 13.0 Å². The topological polar surface area (TPSA) is 37.8 Å². The molecule has 0 aliphatic rings. The average Bonchev–Trinajstić information content (AvgIpc) is 2.41. The Labute approximate surface area is 110 Å². The summed E-state index contributed by atoms with van der Waals surface area (Å²) in [6.07, 6.45) is 2.46. The van der Waals surface area contributed by atoms with Crippen LogP contribution in [0.1, 0.15) is 18.2 Å². The van der Waals surface area contributed by atoms with E-state index in [0.29, 0.717) is 25.1 Å². The molecule has 1 aromatic heterocycles. The van der Waals surface area contributed by atoms with Gasteiger partial charge < -0.3 is 5.32 Å². The summed E-state index contributed by atoms with van der Waals surface area (Å²) in [4.78, 5) is 7.72. The smallest absolute Gasteiger partial charge is 0.186 e. The molecule has 2 rings (SSSR count). The quantitative estimate of drug-likeness (QED) is 0.901. The lowest BCUT2D eigenvalue weighted by Gasteiger charge is -2.08. The van der Waals surface area contributed by atoms with Gasteiger partial charge in [-0.25, -0.2) is 18.7 Å². The van der Waals surface area contributed by atoms with Crippen molar-refractivity contribution in [2.24, 2.45) is 0 Å². The Morgan fingerprint density at radius 2 is 2.05 bits per heavy atom. The Kier molecular flexibility index (Phi) is 4.39. The van der Waals surface area contributed by atoms with Crippen molar-refractivity contribution in [3.05, 3.63) is 53.5 Å². The molecule has 0 amide bonds. The number of nitrogens with zero attached hydrogens (tertiary/aromatic N) is 2. The normalized spacial score (nSPS) is 10.5. The first kappa shape index (κ1) is 13.4. The van der Waals surface area contributed by atoms with Gasteiger partial charge in [0.15, 0.2) is 11.6 Å². The molecule has 100 valence electrons. The van der Waals surface area contributed by atoms with E-state index < -0.39 is 5.82 Å². The highest BCUT2D eigenvalue weighted by atomic mass is 19.1. The molecule has 0 spiro atoms. The summed E-state index contributed by atoms with van der Waals surface area (Å²) in [6.45, 7) is 2.32. The van der Waals surface area contributed by atoms with E-state index in [1.54, 1.807) is 6.07 Å². The number of aromatic nitrogens is 2. The van der Waals surface area contributed by atoms with E-state index in [2.05, 4.69) is 15.3 Å². The Morgan fingerprint density at radius 1 is 1.21 bits per heavy atom. The molecule has 3 nitrogen and oxygen atoms in total. The highest BCUT2D eigenvalue weighted by Crippen LogP contribution is 2.13. The number of benzene rings is 1. The summed E-state index contributed by atoms with van der Waals surface area (Å²) in [5.41, 5.74) is 1.25. The van der Waals surface area contributed by atoms with Crippen molar-refractivity contribution in [2.75, 3.05) is 11.9 Å². The zero-order valence-corrected chi connectivity index (χ0v) is 10.7. The van der Waals surface area contributed by atoms with Gasteiger partial charge in [-0.15, -0.1) is 0 Å². The molecule has 1 N–H and O–H groups in total. The lowest BCUT2D eigenvalue weighted by atomic mass is 10.1. The molecule has 1 heterocycles. The second-order valence-corrected chi connectivity index (χ2v) is 4.14. The summed E-state index contributed by atoms with van der Waals surface area (Å²) >= 11 is 0. The van der Waals surface area contributed by atoms with Crippen LogP contribution in [0.15, 0.2) is 30.6 Å². The van der Waals surface area contributed by atoms with Crippen molar-refractivity contribution in [3.8, 4) is 0 Å². The molecule has 5 heteroatoms. The van der Waals surface area contributed by atoms with Crippen LogP contribution in [-0.2, 0) is 12.8 Å². The number of hydrogen-bond donors (Lipinski definition) is 1. The minimum absolute atomic E-state index is 0.197. The first-order valence-corrected chi connectivity index (χ1v) is 6.18. The van der Waals surface area contributed by atoms with Gasteiger partial charge in [0, 0.05) is 6.54 Å². The fourth-order valence-corrected chi connectivity index (χ4v) is 1.79. The molecular formula is C14H15F2N3. The second kappa shape index (κ2) is 6.22. The molecule has 0 saturated carbocycles. The molecule has 0 fully saturated rings. The number of halogens is 2. The van der Waals surface area contributed by atoms with E-state index in [-0.39, 0.29) is 11.6 Å². The lowest BCUT2D eigenvalue weighted by Crippen LogP contribution is -2.10. The Morgan fingerprint density at radius 3 is 2.79 bits per heavy atom. The van der Waals surface area contributed by atoms with E-state index in [9.17, 15) is 8.78 Å². The lowest BCUT2D eigenvalue weighted by molar-refractivity contribution is 0.596. The summed E-state index contributed by atoms with van der Waals surface area (Å²) in [5, 5.41) is 2.91. The predicted octanol–water partition coefficient (Wildman–Crippen LogP) is 2.97. The second-order valence-electron chi connectivity index (χ2n) is 4.14. The summed E-state index contributed by atoms with van der Waals surface area (Å²) in [7, 11) is 0. The number of hydrogen-bond acceptors (Lipinski definition) is 3. The number of rotatable bonds is 5. The van der Waals surface area contributed by atoms with Gasteiger partial charge in [0.25, 0.3) is 0 Å². The van der Waals surface area contributed by atoms with Crippen LogP contribution in [0.5, 0.6) is 0 Å². The van der Waals surface area contributed by atoms with Gasteiger partial charge in [0.2, 0.25) is 0 Å². The zero-order chi connectivity index (χ0) is 13.7. The fourth-order valence-electron chi connectivity index (χ4n) is 1.79. The van der Waals surface area contributed by atoms with Crippen molar-refractivity contribution in [2.45, 2.75) is 19.8 Å². The van der Waals surface area contributed by atoms with E-state index in [4.69, 9.17) is 0 Å². The van der Waals surface area contributed by atoms with Gasteiger partial charge >= 0.3 is 0 Å². The van der Waals surface area contributed by atoms with Crippen LogP contribution in [0.4, 0.5) is 14.6 Å². The summed E-state index contributed by atoms with van der Waals surface area (Å²) in [5.74, 6) is -0.480. The maximum Gasteiger partial charge on any atom is 0.186 e. The van der Waals surface area contributed by atoms with Crippen LogP contribution in [0.25, 0.3) is 0 Å². The molecule has 0 saturated heterocycles. The molecule has 19 heavy (non-hydrogen) atoms. The Bertz CT molecular complexity index is 558. The van der Waals surface area contributed by atoms with Crippen LogP contribution in [0.2, 0.25) is 0 Å². The standard InChI is InChI=1S/C14H15F2N3/c1-2-12-13(16)14(19-9-18-12)17-7-6-10-4-3-5-11(15)8-10/h3-5,8-9H,2,6-7H2,1H3,(H,17,18,19). The van der Waals surface area contributed by atoms with Crippen molar-refractivity contribution >= 4 is 5.82 Å². The first-order valence-electron chi connectivity index (χ1n) is 6.18. The van der Waals surface area contributed by atoms with Crippen molar-refractivity contribution in [1.82, 2.24) is 9.97 Å². The van der Waals surface area contributed by atoms with Gasteiger partial charge in [-0.2, -0.15) is 0 Å². The minimum Gasteiger partial charge on any atom is -0.367 e. The highest BCUT2D eigenvalue weighted by molar-refractivity contribution is 5.37. The predicted molar refractivity (Wildman–Crippen MR) is 70.0 cm³/mol. The summed E-state index contributed by atoms with van der Waals surface area (Å²) < 4.78 is 26.8. The van der Waals surface area contributed by atoms with Gasteiger partial charge in [-0.3, -0.25) is 0 Å². The molecule has 0 bridgehead atoms. The van der Waals surface area contributed by atoms with Crippen molar-refractivity contribution in [1.29, 1.82) is 0 Å². The van der Waals surface area contributed by atoms with Crippen molar-refractivity contribution in [3.63, 3.8) is 0 Å². The van der Waals surface area contributed by atoms with Crippen LogP contribution in [-0.4, -0.2) is 16.5 Å². The van der Waals surface area contributed by atoms with Crippen LogP contribution >= 0.6 is 0 Å². The molecular weight excluding hydrogens is 248 g/mol. The van der Waals surface area contributed by atoms with Gasteiger partial charge in [0.05, 0.1) is 5.69 Å². The first-order chi connectivity index (χ1) is 9.20. The Hall–Kier alpha value is -2.04. The van der Waals surface area contributed by atoms with Gasteiger partial charge in [0.1, 0.15) is 12.1 Å². The monoisotopic (exact) mass is 263 g/mol. The number of aryl methyl sites for hydroxylation is 1. The average molecular weight is 263 g/mol. The van der Waals surface area contributed by atoms with E-state index in [1.165, 1.54) is 18.5 Å². The van der Waals surface area contributed by atoms with E-state index >= 15 is 0 Å². The summed E-state index contributed by atoms with van der Waals surface area (Å²) in [6, 6.07) is 6.35. The molecule has 1 aromatic carbocycles. The number of anilines is 1. The largest absolute Gasteiger partial charge is 0.367 e. The zero-order valence-electron chi connectivity index (χ0n) is 10.7. The maximum atomic E-state index is 13.8. The number of nitrogens with one attached hydrogen (secondary N) is 1. The third-order valence-corrected chi connectivity index (χ3v) is 2.79. The highest BCUT2D eigenvalue weighted by Gasteiger charge is 2.08. The van der Waals surface area contributed by atoms with E-state index in [0.717, 1.165) is 5.56 Å². The third-order valence-electron chi connectivity index (χ3n) is 2.79. The maximum absolute atomic E-state index is 13.8. The third kappa shape index (κ3) is 3.47. The Balaban J connectivity index is 1.96. The molecule has 0 atom stereocenters.